The summed E-state index contributed by atoms with van der Waals surface area (Å²) in [5.74, 6) is 0.130. The van der Waals surface area contributed by atoms with Crippen LogP contribution >= 0.6 is 0 Å². The maximum Gasteiger partial charge on any atom is 0.221 e. The zero-order chi connectivity index (χ0) is 13.8. The SMILES string of the molecule is O=C(CCN1CCc2ccccc21)NCC1CCCO1. The molecule has 0 radical (unpaired) electrons. The van der Waals surface area contributed by atoms with Gasteiger partial charge in [0.2, 0.25) is 5.91 Å². The van der Waals surface area contributed by atoms with Gasteiger partial charge in [0.25, 0.3) is 0 Å². The minimum Gasteiger partial charge on any atom is -0.376 e. The number of amides is 1. The lowest BCUT2D eigenvalue weighted by Gasteiger charge is -2.19. The van der Waals surface area contributed by atoms with E-state index in [-0.39, 0.29) is 12.0 Å². The van der Waals surface area contributed by atoms with Crippen LogP contribution in [-0.2, 0) is 16.0 Å². The molecule has 3 rings (SSSR count). The maximum absolute atomic E-state index is 11.9. The van der Waals surface area contributed by atoms with Crippen molar-refractivity contribution in [1.82, 2.24) is 5.32 Å². The quantitative estimate of drug-likeness (QED) is 0.889. The Hall–Kier alpha value is -1.55. The van der Waals surface area contributed by atoms with Crippen molar-refractivity contribution in [2.24, 2.45) is 0 Å². The summed E-state index contributed by atoms with van der Waals surface area (Å²) < 4.78 is 5.50. The zero-order valence-corrected chi connectivity index (χ0v) is 11.8. The standard InChI is InChI=1S/C16H22N2O2/c19-16(17-12-14-5-3-11-20-14)8-10-18-9-7-13-4-1-2-6-15(13)18/h1-2,4,6,14H,3,5,7-12H2,(H,17,19). The first-order chi connectivity index (χ1) is 9.83. The van der Waals surface area contributed by atoms with Gasteiger partial charge in [-0.05, 0) is 30.9 Å². The van der Waals surface area contributed by atoms with Crippen LogP contribution in [0.3, 0.4) is 0 Å². The Kier molecular flexibility index (Phi) is 4.21. The van der Waals surface area contributed by atoms with E-state index in [0.717, 1.165) is 39.0 Å². The smallest absolute Gasteiger partial charge is 0.221 e. The highest BCUT2D eigenvalue weighted by molar-refractivity contribution is 5.76. The maximum atomic E-state index is 11.9. The number of hydrogen-bond donors (Lipinski definition) is 1. The van der Waals surface area contributed by atoms with Gasteiger partial charge in [0.1, 0.15) is 0 Å². The van der Waals surface area contributed by atoms with E-state index in [0.29, 0.717) is 13.0 Å². The summed E-state index contributed by atoms with van der Waals surface area (Å²) in [6.07, 6.45) is 4.06. The molecule has 1 atom stereocenters. The van der Waals surface area contributed by atoms with E-state index in [9.17, 15) is 4.79 Å². The number of anilines is 1. The monoisotopic (exact) mass is 274 g/mol. The molecule has 1 fully saturated rings. The first kappa shape index (κ1) is 13.4. The third-order valence-electron chi connectivity index (χ3n) is 4.14. The number of rotatable bonds is 5. The van der Waals surface area contributed by atoms with E-state index in [1.54, 1.807) is 0 Å². The first-order valence-corrected chi connectivity index (χ1v) is 7.54. The molecule has 20 heavy (non-hydrogen) atoms. The molecular weight excluding hydrogens is 252 g/mol. The molecule has 108 valence electrons. The van der Waals surface area contributed by atoms with Gasteiger partial charge in [-0.2, -0.15) is 0 Å². The Labute approximate surface area is 120 Å². The third-order valence-corrected chi connectivity index (χ3v) is 4.14. The molecule has 2 heterocycles. The minimum absolute atomic E-state index is 0.130. The fourth-order valence-corrected chi connectivity index (χ4v) is 3.00. The average Bonchev–Trinajstić information content (AvgIpc) is 3.12. The van der Waals surface area contributed by atoms with Crippen molar-refractivity contribution in [3.05, 3.63) is 29.8 Å². The normalized spacial score (nSPS) is 21.0. The van der Waals surface area contributed by atoms with Crippen LogP contribution < -0.4 is 10.2 Å². The van der Waals surface area contributed by atoms with E-state index in [2.05, 4.69) is 34.5 Å². The van der Waals surface area contributed by atoms with Crippen molar-refractivity contribution in [2.45, 2.75) is 31.8 Å². The molecule has 0 spiro atoms. The number of nitrogens with zero attached hydrogens (tertiary/aromatic N) is 1. The summed E-state index contributed by atoms with van der Waals surface area (Å²) in [6.45, 7) is 3.33. The lowest BCUT2D eigenvalue weighted by Crippen LogP contribution is -2.34. The number of fused-ring (bicyclic) bond motifs is 1. The van der Waals surface area contributed by atoms with Gasteiger partial charge in [-0.1, -0.05) is 18.2 Å². The molecule has 1 saturated heterocycles. The number of para-hydroxylation sites is 1. The van der Waals surface area contributed by atoms with Crippen LogP contribution in [0.5, 0.6) is 0 Å². The lowest BCUT2D eigenvalue weighted by atomic mass is 10.2. The molecule has 2 aliphatic rings. The molecule has 0 saturated carbocycles. The molecule has 4 heteroatoms. The summed E-state index contributed by atoms with van der Waals surface area (Å²) in [7, 11) is 0. The van der Waals surface area contributed by atoms with Crippen molar-refractivity contribution >= 4 is 11.6 Å². The van der Waals surface area contributed by atoms with E-state index >= 15 is 0 Å². The summed E-state index contributed by atoms with van der Waals surface area (Å²) >= 11 is 0. The van der Waals surface area contributed by atoms with Crippen LogP contribution in [0.1, 0.15) is 24.8 Å². The van der Waals surface area contributed by atoms with Crippen LogP contribution in [-0.4, -0.2) is 38.3 Å². The molecule has 1 aromatic rings. The Balaban J connectivity index is 1.42. The molecule has 0 aromatic heterocycles. The molecular formula is C16H22N2O2. The summed E-state index contributed by atoms with van der Waals surface area (Å²) in [4.78, 5) is 14.2. The van der Waals surface area contributed by atoms with E-state index in [1.165, 1.54) is 11.3 Å². The average molecular weight is 274 g/mol. The van der Waals surface area contributed by atoms with Gasteiger partial charge in [0, 0.05) is 38.3 Å². The molecule has 1 amide bonds. The molecule has 4 nitrogen and oxygen atoms in total. The molecule has 0 aliphatic carbocycles. The van der Waals surface area contributed by atoms with Gasteiger partial charge in [-0.15, -0.1) is 0 Å². The van der Waals surface area contributed by atoms with E-state index in [1.807, 2.05) is 0 Å². The van der Waals surface area contributed by atoms with Crippen LogP contribution in [0.15, 0.2) is 24.3 Å². The largest absolute Gasteiger partial charge is 0.376 e. The van der Waals surface area contributed by atoms with Crippen LogP contribution in [0.4, 0.5) is 5.69 Å². The number of nitrogens with one attached hydrogen (secondary N) is 1. The van der Waals surface area contributed by atoms with E-state index in [4.69, 9.17) is 4.74 Å². The second kappa shape index (κ2) is 6.27. The first-order valence-electron chi connectivity index (χ1n) is 7.54. The van der Waals surface area contributed by atoms with Crippen molar-refractivity contribution in [1.29, 1.82) is 0 Å². The number of carbonyl (C=O) groups is 1. The Morgan fingerprint density at radius 2 is 2.30 bits per heavy atom. The Bertz CT molecular complexity index is 469. The Morgan fingerprint density at radius 1 is 1.40 bits per heavy atom. The molecule has 1 N–H and O–H groups in total. The molecule has 1 aromatic carbocycles. The molecule has 1 unspecified atom stereocenters. The number of benzene rings is 1. The lowest BCUT2D eigenvalue weighted by molar-refractivity contribution is -0.121. The van der Waals surface area contributed by atoms with Gasteiger partial charge < -0.3 is 15.0 Å². The van der Waals surface area contributed by atoms with Crippen molar-refractivity contribution in [3.8, 4) is 0 Å². The summed E-state index contributed by atoms with van der Waals surface area (Å²) in [6, 6.07) is 8.46. The summed E-state index contributed by atoms with van der Waals surface area (Å²) in [5.41, 5.74) is 2.69. The Morgan fingerprint density at radius 3 is 3.15 bits per heavy atom. The second-order valence-corrected chi connectivity index (χ2v) is 5.55. The second-order valence-electron chi connectivity index (χ2n) is 5.55. The number of hydrogen-bond acceptors (Lipinski definition) is 3. The summed E-state index contributed by atoms with van der Waals surface area (Å²) in [5, 5.41) is 2.98. The topological polar surface area (TPSA) is 41.6 Å². The highest BCUT2D eigenvalue weighted by Crippen LogP contribution is 2.27. The van der Waals surface area contributed by atoms with Crippen LogP contribution in [0.2, 0.25) is 0 Å². The van der Waals surface area contributed by atoms with Gasteiger partial charge in [0.15, 0.2) is 0 Å². The highest BCUT2D eigenvalue weighted by Gasteiger charge is 2.19. The highest BCUT2D eigenvalue weighted by atomic mass is 16.5. The van der Waals surface area contributed by atoms with Crippen molar-refractivity contribution in [3.63, 3.8) is 0 Å². The van der Waals surface area contributed by atoms with Gasteiger partial charge in [-0.25, -0.2) is 0 Å². The number of ether oxygens (including phenoxy) is 1. The predicted octanol–water partition coefficient (Wildman–Crippen LogP) is 1.73. The zero-order valence-electron chi connectivity index (χ0n) is 11.8. The van der Waals surface area contributed by atoms with Crippen molar-refractivity contribution in [2.75, 3.05) is 31.1 Å². The van der Waals surface area contributed by atoms with Crippen LogP contribution in [0, 0.1) is 0 Å². The fourth-order valence-electron chi connectivity index (χ4n) is 3.00. The number of carbonyl (C=O) groups excluding carboxylic acids is 1. The minimum atomic E-state index is 0.130. The third kappa shape index (κ3) is 3.12. The van der Waals surface area contributed by atoms with Gasteiger partial charge >= 0.3 is 0 Å². The molecule has 2 aliphatic heterocycles. The van der Waals surface area contributed by atoms with Gasteiger partial charge in [-0.3, -0.25) is 4.79 Å². The van der Waals surface area contributed by atoms with Crippen LogP contribution in [0.25, 0.3) is 0 Å². The predicted molar refractivity (Wildman–Crippen MR) is 79.0 cm³/mol. The molecule has 0 bridgehead atoms. The van der Waals surface area contributed by atoms with E-state index < -0.39 is 0 Å². The van der Waals surface area contributed by atoms with Gasteiger partial charge in [0.05, 0.1) is 6.10 Å². The van der Waals surface area contributed by atoms with Crippen molar-refractivity contribution < 1.29 is 9.53 Å². The fraction of sp³-hybridized carbons (Fsp3) is 0.562.